The molecule has 0 N–H and O–H groups in total. The number of nitrogens with zero attached hydrogens (tertiary/aromatic N) is 2. The van der Waals surface area contributed by atoms with Gasteiger partial charge in [-0.3, -0.25) is 4.79 Å². The molecule has 1 aliphatic carbocycles. The average Bonchev–Trinajstić information content (AvgIpc) is 2.96. The summed E-state index contributed by atoms with van der Waals surface area (Å²) in [7, 11) is 0. The number of benzene rings is 1. The van der Waals surface area contributed by atoms with Gasteiger partial charge in [0.25, 0.3) is 0 Å². The van der Waals surface area contributed by atoms with Crippen molar-refractivity contribution >= 4 is 27.5 Å². The molecule has 4 heteroatoms. The van der Waals surface area contributed by atoms with Gasteiger partial charge in [0, 0.05) is 25.4 Å². The monoisotopic (exact) mass is 314 g/mol. The number of fused-ring (bicyclic) bond motifs is 3. The molecule has 2 aromatic rings. The van der Waals surface area contributed by atoms with Crippen molar-refractivity contribution in [3.63, 3.8) is 0 Å². The average molecular weight is 314 g/mol. The summed E-state index contributed by atoms with van der Waals surface area (Å²) in [6.07, 6.45) is 7.74. The van der Waals surface area contributed by atoms with E-state index in [-0.39, 0.29) is 0 Å². The molecular formula is C18H22N2OS. The van der Waals surface area contributed by atoms with Crippen molar-refractivity contribution in [1.82, 2.24) is 9.88 Å². The number of para-hydroxylation sites is 1. The first-order valence-electron chi connectivity index (χ1n) is 8.43. The summed E-state index contributed by atoms with van der Waals surface area (Å²) in [6.45, 7) is 0.980. The molecule has 1 saturated heterocycles. The number of carbonyl (C=O) groups is 1. The van der Waals surface area contributed by atoms with Crippen molar-refractivity contribution < 1.29 is 4.79 Å². The Morgan fingerprint density at radius 3 is 3.09 bits per heavy atom. The van der Waals surface area contributed by atoms with Gasteiger partial charge in [-0.05, 0) is 37.3 Å². The lowest BCUT2D eigenvalue weighted by atomic mass is 9.79. The number of aryl methyl sites for hydroxylation is 1. The molecule has 2 atom stereocenters. The third-order valence-corrected chi connectivity index (χ3v) is 6.28. The number of hydrogen-bond acceptors (Lipinski definition) is 3. The maximum absolute atomic E-state index is 12.6. The van der Waals surface area contributed by atoms with E-state index in [4.69, 9.17) is 0 Å². The highest BCUT2D eigenvalue weighted by Crippen LogP contribution is 2.35. The Balaban J connectivity index is 1.39. The molecule has 2 bridgehead atoms. The fourth-order valence-electron chi connectivity index (χ4n) is 4.02. The van der Waals surface area contributed by atoms with Crippen molar-refractivity contribution in [2.75, 3.05) is 6.54 Å². The maximum Gasteiger partial charge on any atom is 0.223 e. The van der Waals surface area contributed by atoms with Gasteiger partial charge in [0.2, 0.25) is 5.91 Å². The standard InChI is InChI=1S/C18H22N2OS/c21-18(20-11-10-13-4-3-5-14(20)12-13)9-8-17-19-15-6-1-2-7-16(15)22-17/h1-2,6-7,13-14H,3-5,8-12H2. The van der Waals surface area contributed by atoms with E-state index in [1.54, 1.807) is 11.3 Å². The minimum Gasteiger partial charge on any atom is -0.340 e. The van der Waals surface area contributed by atoms with E-state index in [1.165, 1.54) is 36.8 Å². The van der Waals surface area contributed by atoms with Crippen molar-refractivity contribution in [1.29, 1.82) is 0 Å². The Kier molecular flexibility index (Phi) is 3.87. The van der Waals surface area contributed by atoms with Crippen LogP contribution in [0, 0.1) is 5.92 Å². The third-order valence-electron chi connectivity index (χ3n) is 5.19. The molecular weight excluding hydrogens is 292 g/mol. The van der Waals surface area contributed by atoms with Crippen LogP contribution in [0.1, 0.15) is 43.5 Å². The van der Waals surface area contributed by atoms with Gasteiger partial charge in [0.1, 0.15) is 0 Å². The van der Waals surface area contributed by atoms with Gasteiger partial charge < -0.3 is 4.90 Å². The summed E-state index contributed by atoms with van der Waals surface area (Å²) in [4.78, 5) is 19.4. The number of piperidine rings is 1. The number of rotatable bonds is 3. The minimum atomic E-state index is 0.338. The highest BCUT2D eigenvalue weighted by molar-refractivity contribution is 7.18. The van der Waals surface area contributed by atoms with E-state index in [2.05, 4.69) is 16.0 Å². The molecule has 2 fully saturated rings. The first-order valence-corrected chi connectivity index (χ1v) is 9.25. The van der Waals surface area contributed by atoms with Crippen molar-refractivity contribution in [2.24, 2.45) is 5.92 Å². The molecule has 1 amide bonds. The van der Waals surface area contributed by atoms with E-state index in [1.807, 2.05) is 18.2 Å². The lowest BCUT2D eigenvalue weighted by molar-refractivity contribution is -0.136. The second-order valence-electron chi connectivity index (χ2n) is 6.64. The number of likely N-dealkylation sites (tertiary alicyclic amines) is 1. The summed E-state index contributed by atoms with van der Waals surface area (Å²) in [6, 6.07) is 8.73. The van der Waals surface area contributed by atoms with Gasteiger partial charge in [-0.15, -0.1) is 11.3 Å². The molecule has 2 unspecified atom stereocenters. The quantitative estimate of drug-likeness (QED) is 0.857. The number of carbonyl (C=O) groups excluding carboxylic acids is 1. The summed E-state index contributed by atoms with van der Waals surface area (Å²) in [5.74, 6) is 1.22. The van der Waals surface area contributed by atoms with Crippen LogP contribution < -0.4 is 0 Å². The molecule has 0 radical (unpaired) electrons. The smallest absolute Gasteiger partial charge is 0.223 e. The highest BCUT2D eigenvalue weighted by Gasteiger charge is 2.33. The number of aromatic nitrogens is 1. The van der Waals surface area contributed by atoms with Crippen LogP contribution in [0.15, 0.2) is 24.3 Å². The van der Waals surface area contributed by atoms with Crippen LogP contribution in [0.5, 0.6) is 0 Å². The van der Waals surface area contributed by atoms with E-state index in [0.717, 1.165) is 29.4 Å². The van der Waals surface area contributed by atoms with Gasteiger partial charge in [-0.25, -0.2) is 4.98 Å². The van der Waals surface area contributed by atoms with Gasteiger partial charge in [-0.1, -0.05) is 25.0 Å². The molecule has 22 heavy (non-hydrogen) atoms. The van der Waals surface area contributed by atoms with Crippen molar-refractivity contribution in [2.45, 2.75) is 51.0 Å². The van der Waals surface area contributed by atoms with Gasteiger partial charge in [0.05, 0.1) is 15.2 Å². The minimum absolute atomic E-state index is 0.338. The predicted octanol–water partition coefficient (Wildman–Crippen LogP) is 4.02. The van der Waals surface area contributed by atoms with Crippen LogP contribution in [0.2, 0.25) is 0 Å². The normalized spacial score (nSPS) is 24.6. The Bertz CT molecular complexity index is 648. The zero-order valence-electron chi connectivity index (χ0n) is 12.8. The van der Waals surface area contributed by atoms with Crippen molar-refractivity contribution in [3.8, 4) is 0 Å². The van der Waals surface area contributed by atoms with Crippen LogP contribution in [-0.4, -0.2) is 28.4 Å². The first kappa shape index (κ1) is 14.2. The maximum atomic E-state index is 12.6. The molecule has 116 valence electrons. The first-order chi connectivity index (χ1) is 10.8. The summed E-state index contributed by atoms with van der Waals surface area (Å²) in [5.41, 5.74) is 1.06. The van der Waals surface area contributed by atoms with Crippen LogP contribution in [0.4, 0.5) is 0 Å². The van der Waals surface area contributed by atoms with Gasteiger partial charge in [-0.2, -0.15) is 0 Å². The van der Waals surface area contributed by atoms with Gasteiger partial charge >= 0.3 is 0 Å². The second kappa shape index (κ2) is 5.99. The lowest BCUT2D eigenvalue weighted by Gasteiger charge is -2.43. The van der Waals surface area contributed by atoms with Crippen LogP contribution in [0.3, 0.4) is 0 Å². The van der Waals surface area contributed by atoms with Crippen LogP contribution >= 0.6 is 11.3 Å². The fraction of sp³-hybridized carbons (Fsp3) is 0.556. The Labute approximate surface area is 135 Å². The largest absolute Gasteiger partial charge is 0.340 e. The van der Waals surface area contributed by atoms with E-state index in [0.29, 0.717) is 18.4 Å². The highest BCUT2D eigenvalue weighted by atomic mass is 32.1. The van der Waals surface area contributed by atoms with Crippen LogP contribution in [-0.2, 0) is 11.2 Å². The Morgan fingerprint density at radius 2 is 2.18 bits per heavy atom. The fourth-order valence-corrected chi connectivity index (χ4v) is 4.99. The number of amides is 1. The number of thiazole rings is 1. The molecule has 2 aliphatic rings. The zero-order valence-corrected chi connectivity index (χ0v) is 13.6. The summed E-state index contributed by atoms with van der Waals surface area (Å²) in [5, 5.41) is 1.09. The van der Waals surface area contributed by atoms with Crippen molar-refractivity contribution in [3.05, 3.63) is 29.3 Å². The molecule has 2 heterocycles. The van der Waals surface area contributed by atoms with Crippen LogP contribution in [0.25, 0.3) is 10.2 Å². The van der Waals surface area contributed by atoms with Gasteiger partial charge in [0.15, 0.2) is 0 Å². The number of hydrogen-bond donors (Lipinski definition) is 0. The topological polar surface area (TPSA) is 33.2 Å². The van der Waals surface area contributed by atoms with E-state index >= 15 is 0 Å². The van der Waals surface area contributed by atoms with E-state index < -0.39 is 0 Å². The zero-order chi connectivity index (χ0) is 14.9. The molecule has 1 aliphatic heterocycles. The molecule has 4 rings (SSSR count). The molecule has 3 nitrogen and oxygen atoms in total. The molecule has 0 spiro atoms. The SMILES string of the molecule is O=C(CCc1nc2ccccc2s1)N1CCC2CCCC1C2. The molecule has 1 aromatic heterocycles. The predicted molar refractivity (Wildman–Crippen MR) is 90.0 cm³/mol. The van der Waals surface area contributed by atoms with E-state index in [9.17, 15) is 4.79 Å². The lowest BCUT2D eigenvalue weighted by Crippen LogP contribution is -2.48. The summed E-state index contributed by atoms with van der Waals surface area (Å²) < 4.78 is 1.22. The molecule has 1 aromatic carbocycles. The molecule has 1 saturated carbocycles. The Hall–Kier alpha value is -1.42. The second-order valence-corrected chi connectivity index (χ2v) is 7.75. The summed E-state index contributed by atoms with van der Waals surface area (Å²) >= 11 is 1.72. The Morgan fingerprint density at radius 1 is 1.27 bits per heavy atom. The third kappa shape index (κ3) is 2.76.